The number of carbonyl (C=O) groups is 3. The Morgan fingerprint density at radius 2 is 1.74 bits per heavy atom. The SMILES string of the molecule is Cn1ncc(NC(=O)OCC2c3ccccc3-c3ccccc32)c1C(=O)N1CCC[C@@H](C(=O)O)C1. The Morgan fingerprint density at radius 3 is 2.40 bits per heavy atom. The summed E-state index contributed by atoms with van der Waals surface area (Å²) in [6.07, 6.45) is 1.86. The monoisotopic (exact) mass is 474 g/mol. The zero-order chi connectivity index (χ0) is 24.5. The van der Waals surface area contributed by atoms with Gasteiger partial charge in [0.1, 0.15) is 12.3 Å². The number of likely N-dealkylation sites (tertiary alicyclic amines) is 1. The number of carbonyl (C=O) groups excluding carboxylic acids is 2. The number of fused-ring (bicyclic) bond motifs is 3. The maximum atomic E-state index is 13.2. The molecule has 1 aliphatic heterocycles. The van der Waals surface area contributed by atoms with Crippen molar-refractivity contribution in [3.05, 3.63) is 71.5 Å². The lowest BCUT2D eigenvalue weighted by Gasteiger charge is -2.30. The summed E-state index contributed by atoms with van der Waals surface area (Å²) in [5, 5.41) is 16.1. The van der Waals surface area contributed by atoms with Gasteiger partial charge in [-0.25, -0.2) is 4.79 Å². The van der Waals surface area contributed by atoms with Crippen LogP contribution in [0.2, 0.25) is 0 Å². The van der Waals surface area contributed by atoms with Gasteiger partial charge in [0.05, 0.1) is 17.8 Å². The molecule has 1 saturated heterocycles. The van der Waals surface area contributed by atoms with Gasteiger partial charge in [0.25, 0.3) is 5.91 Å². The minimum atomic E-state index is -0.913. The van der Waals surface area contributed by atoms with Crippen molar-refractivity contribution in [3.8, 4) is 11.1 Å². The standard InChI is InChI=1S/C26H26N4O5/c1-29-23(24(31)30-12-6-7-16(14-30)25(32)33)22(13-27-29)28-26(34)35-15-21-19-10-4-2-8-17(19)18-9-3-5-11-20(18)21/h2-5,8-11,13,16,21H,6-7,12,14-15H2,1H3,(H,28,34)(H,32,33)/t16-/m1/s1. The van der Waals surface area contributed by atoms with Crippen LogP contribution < -0.4 is 5.32 Å². The first-order chi connectivity index (χ1) is 16.9. The predicted octanol–water partition coefficient (Wildman–Crippen LogP) is 3.72. The molecule has 1 aromatic heterocycles. The smallest absolute Gasteiger partial charge is 0.411 e. The van der Waals surface area contributed by atoms with Gasteiger partial charge in [-0.15, -0.1) is 0 Å². The molecule has 2 aromatic carbocycles. The first kappa shape index (κ1) is 22.6. The van der Waals surface area contributed by atoms with Crippen LogP contribution in [0.1, 0.15) is 40.4 Å². The molecule has 5 rings (SSSR count). The van der Waals surface area contributed by atoms with Gasteiger partial charge >= 0.3 is 12.1 Å². The topological polar surface area (TPSA) is 114 Å². The molecular formula is C26H26N4O5. The van der Waals surface area contributed by atoms with Crippen molar-refractivity contribution in [1.29, 1.82) is 0 Å². The number of anilines is 1. The molecule has 2 heterocycles. The van der Waals surface area contributed by atoms with Crippen LogP contribution >= 0.6 is 0 Å². The second-order valence-electron chi connectivity index (χ2n) is 8.91. The number of piperidine rings is 1. The predicted molar refractivity (Wildman–Crippen MR) is 128 cm³/mol. The molecule has 9 nitrogen and oxygen atoms in total. The van der Waals surface area contributed by atoms with E-state index in [1.54, 1.807) is 7.05 Å². The van der Waals surface area contributed by atoms with E-state index in [9.17, 15) is 19.5 Å². The number of ether oxygens (including phenoxy) is 1. The van der Waals surface area contributed by atoms with Gasteiger partial charge in [-0.05, 0) is 35.1 Å². The van der Waals surface area contributed by atoms with Gasteiger partial charge in [0.15, 0.2) is 0 Å². The summed E-state index contributed by atoms with van der Waals surface area (Å²) in [6, 6.07) is 16.2. The molecule has 1 aliphatic carbocycles. The van der Waals surface area contributed by atoms with Crippen molar-refractivity contribution in [1.82, 2.24) is 14.7 Å². The number of aryl methyl sites for hydroxylation is 1. The highest BCUT2D eigenvalue weighted by Crippen LogP contribution is 2.44. The molecule has 2 amide bonds. The molecule has 180 valence electrons. The number of rotatable bonds is 5. The van der Waals surface area contributed by atoms with Crippen LogP contribution in [0.5, 0.6) is 0 Å². The number of benzene rings is 2. The number of hydrogen-bond acceptors (Lipinski definition) is 5. The fourth-order valence-electron chi connectivity index (χ4n) is 5.04. The highest BCUT2D eigenvalue weighted by molar-refractivity contribution is 6.01. The van der Waals surface area contributed by atoms with E-state index in [0.29, 0.717) is 19.4 Å². The lowest BCUT2D eigenvalue weighted by Crippen LogP contribution is -2.43. The molecule has 1 fully saturated rings. The van der Waals surface area contributed by atoms with Crippen molar-refractivity contribution in [2.45, 2.75) is 18.8 Å². The van der Waals surface area contributed by atoms with Gasteiger partial charge in [-0.1, -0.05) is 48.5 Å². The third-order valence-corrected chi connectivity index (χ3v) is 6.78. The first-order valence-corrected chi connectivity index (χ1v) is 11.6. The average molecular weight is 475 g/mol. The van der Waals surface area contributed by atoms with Crippen LogP contribution in [0.25, 0.3) is 11.1 Å². The van der Waals surface area contributed by atoms with Crippen molar-refractivity contribution in [2.75, 3.05) is 25.0 Å². The maximum Gasteiger partial charge on any atom is 0.411 e. The molecule has 3 aromatic rings. The second-order valence-corrected chi connectivity index (χ2v) is 8.91. The van der Waals surface area contributed by atoms with E-state index < -0.39 is 18.0 Å². The number of nitrogens with one attached hydrogen (secondary N) is 1. The third-order valence-electron chi connectivity index (χ3n) is 6.78. The van der Waals surface area contributed by atoms with Crippen molar-refractivity contribution < 1.29 is 24.2 Å². The molecule has 1 atom stereocenters. The Bertz CT molecular complexity index is 1250. The summed E-state index contributed by atoms with van der Waals surface area (Å²) >= 11 is 0. The number of carboxylic acids is 1. The lowest BCUT2D eigenvalue weighted by atomic mass is 9.98. The van der Waals surface area contributed by atoms with E-state index in [-0.39, 0.29) is 36.4 Å². The summed E-state index contributed by atoms with van der Waals surface area (Å²) in [5.74, 6) is -1.96. The highest BCUT2D eigenvalue weighted by Gasteiger charge is 2.32. The van der Waals surface area contributed by atoms with E-state index in [2.05, 4.69) is 22.5 Å². The molecule has 0 radical (unpaired) electrons. The van der Waals surface area contributed by atoms with E-state index in [4.69, 9.17) is 4.74 Å². The number of amides is 2. The molecule has 2 N–H and O–H groups in total. The van der Waals surface area contributed by atoms with Gasteiger partial charge in [-0.3, -0.25) is 19.6 Å². The zero-order valence-electron chi connectivity index (χ0n) is 19.3. The number of carboxylic acid groups (broad SMARTS) is 1. The molecule has 0 unspecified atom stereocenters. The fraction of sp³-hybridized carbons (Fsp3) is 0.308. The van der Waals surface area contributed by atoms with E-state index in [1.165, 1.54) is 15.8 Å². The van der Waals surface area contributed by atoms with Crippen molar-refractivity contribution >= 4 is 23.7 Å². The number of nitrogens with zero attached hydrogens (tertiary/aromatic N) is 3. The average Bonchev–Trinajstić information content (AvgIpc) is 3.39. The second kappa shape index (κ2) is 9.25. The summed E-state index contributed by atoms with van der Waals surface area (Å²) in [5.41, 5.74) is 4.90. The normalized spacial score (nSPS) is 16.9. The van der Waals surface area contributed by atoms with Gasteiger partial charge in [-0.2, -0.15) is 5.10 Å². The fourth-order valence-corrected chi connectivity index (χ4v) is 5.04. The van der Waals surface area contributed by atoms with Crippen molar-refractivity contribution in [2.24, 2.45) is 13.0 Å². The van der Waals surface area contributed by atoms with E-state index in [0.717, 1.165) is 22.3 Å². The van der Waals surface area contributed by atoms with Crippen LogP contribution in [0, 0.1) is 5.92 Å². The van der Waals surface area contributed by atoms with Crippen LogP contribution in [0.4, 0.5) is 10.5 Å². The quantitative estimate of drug-likeness (QED) is 0.583. The minimum absolute atomic E-state index is 0.0792. The maximum absolute atomic E-state index is 13.2. The summed E-state index contributed by atoms with van der Waals surface area (Å²) < 4.78 is 6.97. The third kappa shape index (κ3) is 4.25. The molecule has 0 spiro atoms. The Balaban J connectivity index is 1.28. The number of aliphatic carboxylic acids is 1. The molecular weight excluding hydrogens is 448 g/mol. The van der Waals surface area contributed by atoms with E-state index >= 15 is 0 Å². The van der Waals surface area contributed by atoms with Crippen LogP contribution in [-0.2, 0) is 16.6 Å². The molecule has 9 heteroatoms. The number of hydrogen-bond donors (Lipinski definition) is 2. The lowest BCUT2D eigenvalue weighted by molar-refractivity contribution is -0.143. The first-order valence-electron chi connectivity index (χ1n) is 11.6. The number of aromatic nitrogens is 2. The minimum Gasteiger partial charge on any atom is -0.481 e. The largest absolute Gasteiger partial charge is 0.481 e. The Morgan fingerprint density at radius 1 is 1.09 bits per heavy atom. The Kier molecular flexibility index (Phi) is 5.98. The molecule has 2 aliphatic rings. The van der Waals surface area contributed by atoms with Gasteiger partial charge < -0.3 is 14.7 Å². The van der Waals surface area contributed by atoms with Crippen LogP contribution in [-0.4, -0.2) is 57.5 Å². The van der Waals surface area contributed by atoms with Crippen molar-refractivity contribution in [3.63, 3.8) is 0 Å². The summed E-state index contributed by atoms with van der Waals surface area (Å²) in [4.78, 5) is 38.8. The van der Waals surface area contributed by atoms with Gasteiger partial charge in [0, 0.05) is 26.1 Å². The van der Waals surface area contributed by atoms with E-state index in [1.807, 2.05) is 36.4 Å². The Hall–Kier alpha value is -4.14. The summed E-state index contributed by atoms with van der Waals surface area (Å²) in [7, 11) is 1.61. The molecule has 0 saturated carbocycles. The molecule has 35 heavy (non-hydrogen) atoms. The highest BCUT2D eigenvalue weighted by atomic mass is 16.5. The van der Waals surface area contributed by atoms with Crippen LogP contribution in [0.15, 0.2) is 54.7 Å². The van der Waals surface area contributed by atoms with Gasteiger partial charge in [0.2, 0.25) is 0 Å². The molecule has 0 bridgehead atoms. The van der Waals surface area contributed by atoms with Crippen LogP contribution in [0.3, 0.4) is 0 Å². The Labute approximate surface area is 202 Å². The summed E-state index contributed by atoms with van der Waals surface area (Å²) in [6.45, 7) is 0.734. The zero-order valence-corrected chi connectivity index (χ0v) is 19.3.